The normalized spacial score (nSPS) is 12.3. The number of nitrogens with one attached hydrogen (secondary N) is 1. The second-order valence-corrected chi connectivity index (χ2v) is 12.5. The van der Waals surface area contributed by atoms with E-state index in [0.29, 0.717) is 11.3 Å². The fourth-order valence-corrected chi connectivity index (χ4v) is 5.82. The lowest BCUT2D eigenvalue weighted by Gasteiger charge is -2.35. The molecule has 0 spiro atoms. The van der Waals surface area contributed by atoms with Crippen LogP contribution in [0.3, 0.4) is 0 Å². The van der Waals surface area contributed by atoms with E-state index in [1.807, 2.05) is 20.8 Å². The molecule has 0 saturated carbocycles. The first kappa shape index (κ1) is 32.4. The van der Waals surface area contributed by atoms with Crippen LogP contribution in [0.4, 0.5) is 10.1 Å². The van der Waals surface area contributed by atoms with E-state index in [0.717, 1.165) is 4.31 Å². The first-order valence-corrected chi connectivity index (χ1v) is 14.9. The standard InChI is InChI=1S/C31H38FN3O6S/c1-7-26(30(37)33-31(2,3)4)34(20-22-13-15-23(32)16-14-22)29(36)21-35(42(38,39)25-11-9-8-10-12-25)27-19-24(40-5)17-18-28(27)41-6/h8-19,26H,7,20-21H2,1-6H3,(H,33,37)/t26-/m0/s1. The van der Waals surface area contributed by atoms with Gasteiger partial charge in [0, 0.05) is 18.2 Å². The minimum atomic E-state index is -4.30. The van der Waals surface area contributed by atoms with E-state index < -0.39 is 45.8 Å². The molecule has 9 nitrogen and oxygen atoms in total. The Morgan fingerprint density at radius 3 is 2.14 bits per heavy atom. The Morgan fingerprint density at radius 1 is 0.952 bits per heavy atom. The molecule has 0 aliphatic rings. The Bertz CT molecular complexity index is 1470. The molecule has 0 radical (unpaired) electrons. The number of halogens is 1. The van der Waals surface area contributed by atoms with Gasteiger partial charge >= 0.3 is 0 Å². The minimum Gasteiger partial charge on any atom is -0.497 e. The zero-order valence-corrected chi connectivity index (χ0v) is 25.6. The van der Waals surface area contributed by atoms with Gasteiger partial charge in [-0.05, 0) is 69.2 Å². The summed E-state index contributed by atoms with van der Waals surface area (Å²) < 4.78 is 53.6. The molecule has 0 heterocycles. The maximum atomic E-state index is 14.2. The van der Waals surface area contributed by atoms with Gasteiger partial charge in [-0.3, -0.25) is 13.9 Å². The van der Waals surface area contributed by atoms with Gasteiger partial charge in [-0.2, -0.15) is 0 Å². The van der Waals surface area contributed by atoms with E-state index in [4.69, 9.17) is 9.47 Å². The molecule has 42 heavy (non-hydrogen) atoms. The molecular weight excluding hydrogens is 561 g/mol. The molecule has 3 aromatic carbocycles. The average Bonchev–Trinajstić information content (AvgIpc) is 2.95. The number of sulfonamides is 1. The number of ether oxygens (including phenoxy) is 2. The number of hydrogen-bond donors (Lipinski definition) is 1. The third kappa shape index (κ3) is 8.00. The Balaban J connectivity index is 2.14. The Kier molecular flexibility index (Phi) is 10.6. The predicted molar refractivity (Wildman–Crippen MR) is 159 cm³/mol. The zero-order chi connectivity index (χ0) is 31.1. The maximum Gasteiger partial charge on any atom is 0.264 e. The van der Waals surface area contributed by atoms with Gasteiger partial charge in [0.15, 0.2) is 0 Å². The molecule has 0 bridgehead atoms. The quantitative estimate of drug-likeness (QED) is 0.322. The minimum absolute atomic E-state index is 0.0368. The van der Waals surface area contributed by atoms with E-state index in [1.54, 1.807) is 37.3 Å². The largest absolute Gasteiger partial charge is 0.497 e. The molecule has 0 aromatic heterocycles. The molecule has 1 atom stereocenters. The second-order valence-electron chi connectivity index (χ2n) is 10.7. The monoisotopic (exact) mass is 599 g/mol. The van der Waals surface area contributed by atoms with E-state index in [1.165, 1.54) is 61.6 Å². The van der Waals surface area contributed by atoms with Crippen LogP contribution in [0, 0.1) is 5.82 Å². The molecule has 0 aliphatic heterocycles. The van der Waals surface area contributed by atoms with Gasteiger partial charge in [-0.15, -0.1) is 0 Å². The van der Waals surface area contributed by atoms with Crippen molar-refractivity contribution in [2.45, 2.75) is 57.1 Å². The summed E-state index contributed by atoms with van der Waals surface area (Å²) >= 11 is 0. The van der Waals surface area contributed by atoms with Crippen LogP contribution in [0.1, 0.15) is 39.7 Å². The number of benzene rings is 3. The van der Waals surface area contributed by atoms with Crippen molar-refractivity contribution in [3.63, 3.8) is 0 Å². The number of carbonyl (C=O) groups is 2. The van der Waals surface area contributed by atoms with Crippen molar-refractivity contribution in [1.82, 2.24) is 10.2 Å². The van der Waals surface area contributed by atoms with E-state index in [9.17, 15) is 22.4 Å². The summed E-state index contributed by atoms with van der Waals surface area (Å²) in [5, 5.41) is 2.91. The van der Waals surface area contributed by atoms with Crippen LogP contribution in [0.2, 0.25) is 0 Å². The van der Waals surface area contributed by atoms with Gasteiger partial charge in [0.1, 0.15) is 29.9 Å². The van der Waals surface area contributed by atoms with Crippen molar-refractivity contribution >= 4 is 27.5 Å². The summed E-state index contributed by atoms with van der Waals surface area (Å²) in [5.74, 6) is -0.924. The number of rotatable bonds is 12. The van der Waals surface area contributed by atoms with Gasteiger partial charge in [-0.1, -0.05) is 37.3 Å². The summed E-state index contributed by atoms with van der Waals surface area (Å²) in [5.41, 5.74) is 0.0808. The molecule has 0 unspecified atom stereocenters. The molecule has 226 valence electrons. The van der Waals surface area contributed by atoms with Crippen molar-refractivity contribution < 1.29 is 31.9 Å². The van der Waals surface area contributed by atoms with Crippen LogP contribution >= 0.6 is 0 Å². The predicted octanol–water partition coefficient (Wildman–Crippen LogP) is 4.76. The molecule has 0 aliphatic carbocycles. The molecular formula is C31H38FN3O6S. The number of methoxy groups -OCH3 is 2. The van der Waals surface area contributed by atoms with Gasteiger partial charge < -0.3 is 19.7 Å². The van der Waals surface area contributed by atoms with Gasteiger partial charge in [-0.25, -0.2) is 12.8 Å². The fraction of sp³-hybridized carbons (Fsp3) is 0.355. The van der Waals surface area contributed by atoms with E-state index in [-0.39, 0.29) is 29.3 Å². The van der Waals surface area contributed by atoms with Gasteiger partial charge in [0.05, 0.1) is 24.8 Å². The van der Waals surface area contributed by atoms with Crippen LogP contribution < -0.4 is 19.1 Å². The molecule has 0 saturated heterocycles. The van der Waals surface area contributed by atoms with Crippen molar-refractivity contribution in [1.29, 1.82) is 0 Å². The Morgan fingerprint density at radius 2 is 1.60 bits per heavy atom. The SMILES string of the molecule is CC[C@@H](C(=O)NC(C)(C)C)N(Cc1ccc(F)cc1)C(=O)CN(c1cc(OC)ccc1OC)S(=O)(=O)c1ccccc1. The third-order valence-electron chi connectivity index (χ3n) is 6.42. The lowest BCUT2D eigenvalue weighted by molar-refractivity contribution is -0.141. The van der Waals surface area contributed by atoms with Crippen molar-refractivity contribution in [2.24, 2.45) is 0 Å². The third-order valence-corrected chi connectivity index (χ3v) is 8.19. The second kappa shape index (κ2) is 13.7. The number of hydrogen-bond acceptors (Lipinski definition) is 6. The van der Waals surface area contributed by atoms with Crippen LogP contribution in [0.15, 0.2) is 77.7 Å². The highest BCUT2D eigenvalue weighted by Gasteiger charge is 2.35. The van der Waals surface area contributed by atoms with Crippen LogP contribution in [0.25, 0.3) is 0 Å². The topological polar surface area (TPSA) is 105 Å². The fourth-order valence-electron chi connectivity index (χ4n) is 4.38. The smallest absolute Gasteiger partial charge is 0.264 e. The highest BCUT2D eigenvalue weighted by atomic mass is 32.2. The van der Waals surface area contributed by atoms with Crippen molar-refractivity contribution in [3.05, 3.63) is 84.2 Å². The molecule has 1 N–H and O–H groups in total. The summed E-state index contributed by atoms with van der Waals surface area (Å²) in [4.78, 5) is 28.9. The number of amides is 2. The molecule has 3 aromatic rings. The van der Waals surface area contributed by atoms with E-state index in [2.05, 4.69) is 5.32 Å². The van der Waals surface area contributed by atoms with Crippen molar-refractivity contribution in [2.75, 3.05) is 25.1 Å². The summed E-state index contributed by atoms with van der Waals surface area (Å²) in [6, 6.07) is 17.0. The lowest BCUT2D eigenvalue weighted by Crippen LogP contribution is -2.55. The molecule has 0 fully saturated rings. The van der Waals surface area contributed by atoms with Crippen molar-refractivity contribution in [3.8, 4) is 11.5 Å². The highest BCUT2D eigenvalue weighted by molar-refractivity contribution is 7.92. The Labute approximate surface area is 247 Å². The molecule has 2 amide bonds. The summed E-state index contributed by atoms with van der Waals surface area (Å²) in [7, 11) is -1.46. The van der Waals surface area contributed by atoms with Crippen LogP contribution in [0.5, 0.6) is 11.5 Å². The molecule has 3 rings (SSSR count). The van der Waals surface area contributed by atoms with Gasteiger partial charge in [0.2, 0.25) is 11.8 Å². The summed E-state index contributed by atoms with van der Waals surface area (Å²) in [6.45, 7) is 6.54. The van der Waals surface area contributed by atoms with Crippen LogP contribution in [-0.2, 0) is 26.2 Å². The van der Waals surface area contributed by atoms with Crippen LogP contribution in [-0.4, -0.2) is 57.5 Å². The van der Waals surface area contributed by atoms with Gasteiger partial charge in [0.25, 0.3) is 10.0 Å². The first-order valence-electron chi connectivity index (χ1n) is 13.5. The highest BCUT2D eigenvalue weighted by Crippen LogP contribution is 2.36. The molecule has 11 heteroatoms. The number of carbonyl (C=O) groups excluding carboxylic acids is 2. The summed E-state index contributed by atoms with van der Waals surface area (Å²) in [6.07, 6.45) is 0.253. The average molecular weight is 600 g/mol. The Hall–Kier alpha value is -4.12. The first-order chi connectivity index (χ1) is 19.8. The van der Waals surface area contributed by atoms with E-state index >= 15 is 0 Å². The number of anilines is 1. The maximum absolute atomic E-state index is 14.2. The number of nitrogens with zero attached hydrogens (tertiary/aromatic N) is 2. The lowest BCUT2D eigenvalue weighted by atomic mass is 10.1. The zero-order valence-electron chi connectivity index (χ0n) is 24.8.